The van der Waals surface area contributed by atoms with Crippen LogP contribution in [0.2, 0.25) is 0 Å². The number of nitrogen functional groups attached to an aromatic ring is 1. The lowest BCUT2D eigenvalue weighted by atomic mass is 10.1. The molecule has 3 nitrogen and oxygen atoms in total. The molecule has 0 unspecified atom stereocenters. The van der Waals surface area contributed by atoms with E-state index in [1.807, 2.05) is 25.1 Å². The van der Waals surface area contributed by atoms with Crippen molar-refractivity contribution in [1.82, 2.24) is 9.97 Å². The van der Waals surface area contributed by atoms with Crippen LogP contribution in [0, 0.1) is 0 Å². The fourth-order valence-electron chi connectivity index (χ4n) is 1.41. The Bertz CT molecular complexity index is 469. The molecule has 0 aliphatic heterocycles. The minimum absolute atomic E-state index is 0.450. The fourth-order valence-corrected chi connectivity index (χ4v) is 1.41. The van der Waals surface area contributed by atoms with Crippen LogP contribution in [0.1, 0.15) is 18.2 Å². The Morgan fingerprint density at radius 3 is 2.67 bits per heavy atom. The number of imidazole rings is 1. The molecule has 0 spiro atoms. The van der Waals surface area contributed by atoms with Crippen molar-refractivity contribution in [3.8, 4) is 0 Å². The van der Waals surface area contributed by atoms with E-state index in [9.17, 15) is 0 Å². The van der Waals surface area contributed by atoms with Crippen LogP contribution in [0.3, 0.4) is 0 Å². The number of H-pyrrole nitrogens is 1. The molecule has 0 radical (unpaired) electrons. The van der Waals surface area contributed by atoms with E-state index in [4.69, 9.17) is 5.73 Å². The molecule has 0 saturated heterocycles. The summed E-state index contributed by atoms with van der Waals surface area (Å²) in [7, 11) is 0. The van der Waals surface area contributed by atoms with Gasteiger partial charge in [-0.2, -0.15) is 0 Å². The summed E-state index contributed by atoms with van der Waals surface area (Å²) in [5.74, 6) is 0.450. The normalized spacial score (nSPS) is 11.7. The lowest BCUT2D eigenvalue weighted by Gasteiger charge is -1.97. The van der Waals surface area contributed by atoms with E-state index < -0.39 is 0 Å². The maximum absolute atomic E-state index is 5.52. The topological polar surface area (TPSA) is 54.7 Å². The average molecular weight is 199 g/mol. The number of rotatable bonds is 2. The van der Waals surface area contributed by atoms with Crippen LogP contribution in [0.4, 0.5) is 5.95 Å². The molecule has 2 rings (SSSR count). The Labute approximate surface area is 88.7 Å². The maximum atomic E-state index is 5.52. The number of nitrogens with zero attached hydrogens (tertiary/aromatic N) is 1. The highest BCUT2D eigenvalue weighted by Gasteiger charge is 1.98. The highest BCUT2D eigenvalue weighted by atomic mass is 15.0. The Hall–Kier alpha value is -2.03. The lowest BCUT2D eigenvalue weighted by Crippen LogP contribution is -1.86. The molecule has 2 aromatic rings. The van der Waals surface area contributed by atoms with Gasteiger partial charge in [-0.25, -0.2) is 4.98 Å². The molecule has 3 heteroatoms. The zero-order chi connectivity index (χ0) is 10.7. The van der Waals surface area contributed by atoms with Gasteiger partial charge in [-0.15, -0.1) is 0 Å². The summed E-state index contributed by atoms with van der Waals surface area (Å²) in [5.41, 5.74) is 8.76. The minimum atomic E-state index is 0.450. The first-order valence-electron chi connectivity index (χ1n) is 4.80. The third-order valence-electron chi connectivity index (χ3n) is 2.20. The summed E-state index contributed by atoms with van der Waals surface area (Å²) in [6.07, 6.45) is 3.83. The number of nitrogens with two attached hydrogens (primary N) is 1. The molecule has 0 fully saturated rings. The van der Waals surface area contributed by atoms with Gasteiger partial charge in [-0.3, -0.25) is 0 Å². The highest BCUT2D eigenvalue weighted by molar-refractivity contribution is 5.78. The average Bonchev–Trinajstić information content (AvgIpc) is 2.66. The van der Waals surface area contributed by atoms with Crippen molar-refractivity contribution < 1.29 is 0 Å². The number of aromatic amines is 1. The molecule has 1 aromatic heterocycles. The first-order valence-corrected chi connectivity index (χ1v) is 4.80. The van der Waals surface area contributed by atoms with Crippen LogP contribution < -0.4 is 5.73 Å². The second kappa shape index (κ2) is 4.00. The second-order valence-corrected chi connectivity index (χ2v) is 3.42. The van der Waals surface area contributed by atoms with Crippen LogP contribution in [0.25, 0.3) is 11.6 Å². The summed E-state index contributed by atoms with van der Waals surface area (Å²) in [6, 6.07) is 10.1. The number of anilines is 1. The minimum Gasteiger partial charge on any atom is -0.369 e. The summed E-state index contributed by atoms with van der Waals surface area (Å²) in [5, 5.41) is 0. The predicted molar refractivity (Wildman–Crippen MR) is 63.0 cm³/mol. The molecule has 0 aliphatic carbocycles. The van der Waals surface area contributed by atoms with E-state index in [0.29, 0.717) is 5.95 Å². The smallest absolute Gasteiger partial charge is 0.197 e. The molecule has 1 aromatic carbocycles. The van der Waals surface area contributed by atoms with Gasteiger partial charge in [0, 0.05) is 0 Å². The molecule has 3 N–H and O–H groups in total. The van der Waals surface area contributed by atoms with Gasteiger partial charge >= 0.3 is 0 Å². The summed E-state index contributed by atoms with van der Waals surface area (Å²) in [6.45, 7) is 2.03. The predicted octanol–water partition coefficient (Wildman–Crippen LogP) is 2.55. The molecular formula is C12H13N3. The number of hydrogen-bond acceptors (Lipinski definition) is 2. The quantitative estimate of drug-likeness (QED) is 0.781. The number of nitrogens with one attached hydrogen (secondary N) is 1. The van der Waals surface area contributed by atoms with E-state index in [-0.39, 0.29) is 0 Å². The van der Waals surface area contributed by atoms with Crippen LogP contribution in [0.5, 0.6) is 0 Å². The lowest BCUT2D eigenvalue weighted by molar-refractivity contribution is 1.31. The first kappa shape index (κ1) is 9.52. The third-order valence-corrected chi connectivity index (χ3v) is 2.20. The van der Waals surface area contributed by atoms with Crippen molar-refractivity contribution in [2.75, 3.05) is 5.73 Å². The van der Waals surface area contributed by atoms with E-state index in [2.05, 4.69) is 28.2 Å². The SMILES string of the molecule is C/C(=C\c1ccccc1)c1cnc(N)[nH]1. The number of aromatic nitrogens is 2. The Balaban J connectivity index is 2.28. The van der Waals surface area contributed by atoms with Crippen molar-refractivity contribution in [2.45, 2.75) is 6.92 Å². The molecule has 1 heterocycles. The van der Waals surface area contributed by atoms with E-state index in [1.54, 1.807) is 6.20 Å². The van der Waals surface area contributed by atoms with Gasteiger partial charge in [0.2, 0.25) is 0 Å². The highest BCUT2D eigenvalue weighted by Crippen LogP contribution is 2.15. The van der Waals surface area contributed by atoms with Gasteiger partial charge in [0.05, 0.1) is 11.9 Å². The third kappa shape index (κ3) is 2.26. The van der Waals surface area contributed by atoms with Crippen molar-refractivity contribution >= 4 is 17.6 Å². The van der Waals surface area contributed by atoms with Gasteiger partial charge < -0.3 is 10.7 Å². The fraction of sp³-hybridized carbons (Fsp3) is 0.0833. The molecule has 15 heavy (non-hydrogen) atoms. The Kier molecular flexibility index (Phi) is 2.54. The molecule has 0 amide bonds. The molecule has 0 aliphatic rings. The molecule has 0 atom stereocenters. The van der Waals surface area contributed by atoms with Crippen LogP contribution in [-0.4, -0.2) is 9.97 Å². The zero-order valence-electron chi connectivity index (χ0n) is 8.57. The Morgan fingerprint density at radius 1 is 1.33 bits per heavy atom. The van der Waals surface area contributed by atoms with Crippen molar-refractivity contribution in [3.05, 3.63) is 47.8 Å². The molecular weight excluding hydrogens is 186 g/mol. The zero-order valence-corrected chi connectivity index (χ0v) is 8.57. The van der Waals surface area contributed by atoms with Crippen LogP contribution in [-0.2, 0) is 0 Å². The van der Waals surface area contributed by atoms with Crippen LogP contribution in [0.15, 0.2) is 36.5 Å². The van der Waals surface area contributed by atoms with E-state index >= 15 is 0 Å². The van der Waals surface area contributed by atoms with Gasteiger partial charge in [0.15, 0.2) is 5.95 Å². The molecule has 0 bridgehead atoms. The van der Waals surface area contributed by atoms with E-state index in [0.717, 1.165) is 11.3 Å². The molecule has 0 saturated carbocycles. The monoisotopic (exact) mass is 199 g/mol. The van der Waals surface area contributed by atoms with E-state index in [1.165, 1.54) is 5.56 Å². The Morgan fingerprint density at radius 2 is 2.07 bits per heavy atom. The number of hydrogen-bond donors (Lipinski definition) is 2. The van der Waals surface area contributed by atoms with Gasteiger partial charge in [0.25, 0.3) is 0 Å². The number of allylic oxidation sites excluding steroid dienone is 1. The van der Waals surface area contributed by atoms with Gasteiger partial charge in [-0.1, -0.05) is 30.3 Å². The number of benzene rings is 1. The second-order valence-electron chi connectivity index (χ2n) is 3.42. The van der Waals surface area contributed by atoms with Crippen LogP contribution >= 0.6 is 0 Å². The summed E-state index contributed by atoms with van der Waals surface area (Å²) < 4.78 is 0. The van der Waals surface area contributed by atoms with Crippen molar-refractivity contribution in [1.29, 1.82) is 0 Å². The summed E-state index contributed by atoms with van der Waals surface area (Å²) >= 11 is 0. The van der Waals surface area contributed by atoms with Gasteiger partial charge in [-0.05, 0) is 24.1 Å². The molecule has 76 valence electrons. The van der Waals surface area contributed by atoms with Crippen molar-refractivity contribution in [2.24, 2.45) is 0 Å². The largest absolute Gasteiger partial charge is 0.369 e. The standard InChI is InChI=1S/C12H13N3/c1-9(11-8-14-12(13)15-11)7-10-5-3-2-4-6-10/h2-8H,1H3,(H3,13,14,15)/b9-7+. The first-order chi connectivity index (χ1) is 7.25. The maximum Gasteiger partial charge on any atom is 0.197 e. The van der Waals surface area contributed by atoms with Crippen molar-refractivity contribution in [3.63, 3.8) is 0 Å². The summed E-state index contributed by atoms with van der Waals surface area (Å²) in [4.78, 5) is 6.96. The van der Waals surface area contributed by atoms with Gasteiger partial charge in [0.1, 0.15) is 0 Å².